The summed E-state index contributed by atoms with van der Waals surface area (Å²) in [6, 6.07) is -0.160. The van der Waals surface area contributed by atoms with Crippen molar-refractivity contribution in [2.24, 2.45) is 0 Å². The van der Waals surface area contributed by atoms with Crippen molar-refractivity contribution in [2.45, 2.75) is 44.8 Å². The predicted octanol–water partition coefficient (Wildman–Crippen LogP) is 1.03. The zero-order valence-electron chi connectivity index (χ0n) is 12.5. The molecule has 1 heterocycles. The van der Waals surface area contributed by atoms with Crippen molar-refractivity contribution in [3.63, 3.8) is 0 Å². The standard InChI is InChI=1S/C14H28N2O3/c1-12(15-10-13(19-3)11-18-2)14(17)16-8-6-4-5-7-9-16/h12-13,15H,4-11H2,1-3H3. The van der Waals surface area contributed by atoms with E-state index in [2.05, 4.69) is 5.32 Å². The van der Waals surface area contributed by atoms with Crippen molar-refractivity contribution in [3.05, 3.63) is 0 Å². The van der Waals surface area contributed by atoms with Crippen LogP contribution < -0.4 is 5.32 Å². The summed E-state index contributed by atoms with van der Waals surface area (Å²) in [6.45, 7) is 4.89. The fraction of sp³-hybridized carbons (Fsp3) is 0.929. The Morgan fingerprint density at radius 3 is 2.37 bits per heavy atom. The molecule has 0 radical (unpaired) electrons. The van der Waals surface area contributed by atoms with E-state index in [1.54, 1.807) is 14.2 Å². The van der Waals surface area contributed by atoms with E-state index in [1.807, 2.05) is 11.8 Å². The second kappa shape index (κ2) is 9.28. The van der Waals surface area contributed by atoms with Gasteiger partial charge in [0.1, 0.15) is 0 Å². The average Bonchev–Trinajstić information content (AvgIpc) is 2.71. The highest BCUT2D eigenvalue weighted by Crippen LogP contribution is 2.10. The maximum Gasteiger partial charge on any atom is 0.239 e. The number of methoxy groups -OCH3 is 2. The van der Waals surface area contributed by atoms with E-state index in [9.17, 15) is 4.79 Å². The highest BCUT2D eigenvalue weighted by atomic mass is 16.5. The smallest absolute Gasteiger partial charge is 0.239 e. The van der Waals surface area contributed by atoms with Crippen LogP contribution in [0.25, 0.3) is 0 Å². The minimum atomic E-state index is -0.160. The molecule has 1 saturated heterocycles. The maximum atomic E-state index is 12.3. The van der Waals surface area contributed by atoms with Gasteiger partial charge in [-0.05, 0) is 19.8 Å². The fourth-order valence-electron chi connectivity index (χ4n) is 2.36. The van der Waals surface area contributed by atoms with Crippen LogP contribution >= 0.6 is 0 Å². The summed E-state index contributed by atoms with van der Waals surface area (Å²) in [5.41, 5.74) is 0. The molecule has 2 unspecified atom stereocenters. The monoisotopic (exact) mass is 272 g/mol. The Labute approximate surface area is 116 Å². The topological polar surface area (TPSA) is 50.8 Å². The molecule has 0 spiro atoms. The molecule has 5 nitrogen and oxygen atoms in total. The molecule has 0 aromatic carbocycles. The molecule has 1 aliphatic heterocycles. The van der Waals surface area contributed by atoms with E-state index in [1.165, 1.54) is 12.8 Å². The highest BCUT2D eigenvalue weighted by Gasteiger charge is 2.21. The second-order valence-corrected chi connectivity index (χ2v) is 5.18. The van der Waals surface area contributed by atoms with Crippen LogP contribution in [-0.4, -0.2) is 63.4 Å². The average molecular weight is 272 g/mol. The second-order valence-electron chi connectivity index (χ2n) is 5.18. The molecule has 1 fully saturated rings. The van der Waals surface area contributed by atoms with Crippen LogP contribution in [0.4, 0.5) is 0 Å². The number of nitrogens with zero attached hydrogens (tertiary/aromatic N) is 1. The third-order valence-corrected chi connectivity index (χ3v) is 3.63. The van der Waals surface area contributed by atoms with E-state index >= 15 is 0 Å². The van der Waals surface area contributed by atoms with Gasteiger partial charge in [0.15, 0.2) is 0 Å². The van der Waals surface area contributed by atoms with E-state index in [4.69, 9.17) is 9.47 Å². The molecular formula is C14H28N2O3. The summed E-state index contributed by atoms with van der Waals surface area (Å²) < 4.78 is 10.3. The normalized spacial score (nSPS) is 19.8. The highest BCUT2D eigenvalue weighted by molar-refractivity contribution is 5.81. The Morgan fingerprint density at radius 1 is 1.21 bits per heavy atom. The molecule has 19 heavy (non-hydrogen) atoms. The molecule has 1 amide bonds. The lowest BCUT2D eigenvalue weighted by atomic mass is 10.2. The molecule has 0 aromatic rings. The molecule has 0 saturated carbocycles. The number of nitrogens with one attached hydrogen (secondary N) is 1. The minimum Gasteiger partial charge on any atom is -0.382 e. The summed E-state index contributed by atoms with van der Waals surface area (Å²) in [5, 5.41) is 3.24. The molecule has 1 N–H and O–H groups in total. The minimum absolute atomic E-state index is 0.00983. The summed E-state index contributed by atoms with van der Waals surface area (Å²) in [7, 11) is 3.31. The zero-order valence-corrected chi connectivity index (χ0v) is 12.5. The largest absolute Gasteiger partial charge is 0.382 e. The van der Waals surface area contributed by atoms with Gasteiger partial charge in [-0.1, -0.05) is 12.8 Å². The molecule has 0 bridgehead atoms. The van der Waals surface area contributed by atoms with Crippen molar-refractivity contribution in [2.75, 3.05) is 40.5 Å². The Bertz CT molecular complexity index is 253. The number of ether oxygens (including phenoxy) is 2. The van der Waals surface area contributed by atoms with Crippen molar-refractivity contribution in [1.29, 1.82) is 0 Å². The van der Waals surface area contributed by atoms with Crippen LogP contribution in [0.2, 0.25) is 0 Å². The summed E-state index contributed by atoms with van der Waals surface area (Å²) >= 11 is 0. The van der Waals surface area contributed by atoms with Gasteiger partial charge in [0.25, 0.3) is 0 Å². The van der Waals surface area contributed by atoms with Crippen molar-refractivity contribution in [1.82, 2.24) is 10.2 Å². The lowest BCUT2D eigenvalue weighted by molar-refractivity contribution is -0.133. The lowest BCUT2D eigenvalue weighted by Crippen LogP contribution is -2.47. The van der Waals surface area contributed by atoms with Crippen LogP contribution in [0.15, 0.2) is 0 Å². The van der Waals surface area contributed by atoms with Gasteiger partial charge in [-0.15, -0.1) is 0 Å². The van der Waals surface area contributed by atoms with Crippen molar-refractivity contribution >= 4 is 5.91 Å². The van der Waals surface area contributed by atoms with Gasteiger partial charge in [0, 0.05) is 33.9 Å². The maximum absolute atomic E-state index is 12.3. The van der Waals surface area contributed by atoms with Gasteiger partial charge in [0.2, 0.25) is 5.91 Å². The summed E-state index contributed by atoms with van der Waals surface area (Å²) in [5.74, 6) is 0.203. The van der Waals surface area contributed by atoms with Crippen LogP contribution in [0.3, 0.4) is 0 Å². The number of carbonyl (C=O) groups is 1. The van der Waals surface area contributed by atoms with Crippen molar-refractivity contribution in [3.8, 4) is 0 Å². The first-order valence-corrected chi connectivity index (χ1v) is 7.23. The van der Waals surface area contributed by atoms with Crippen LogP contribution in [0.1, 0.15) is 32.6 Å². The predicted molar refractivity (Wildman–Crippen MR) is 75.2 cm³/mol. The van der Waals surface area contributed by atoms with E-state index in [0.29, 0.717) is 13.2 Å². The Hall–Kier alpha value is -0.650. The molecule has 5 heteroatoms. The van der Waals surface area contributed by atoms with E-state index in [-0.39, 0.29) is 18.1 Å². The van der Waals surface area contributed by atoms with Gasteiger partial charge >= 0.3 is 0 Å². The molecule has 2 atom stereocenters. The SMILES string of the molecule is COCC(CNC(C)C(=O)N1CCCCCC1)OC. The molecule has 0 aromatic heterocycles. The van der Waals surface area contributed by atoms with Gasteiger partial charge in [-0.2, -0.15) is 0 Å². The molecule has 1 rings (SSSR count). The first kappa shape index (κ1) is 16.4. The first-order chi connectivity index (χ1) is 9.19. The van der Waals surface area contributed by atoms with Crippen LogP contribution in [0, 0.1) is 0 Å². The molecule has 0 aliphatic carbocycles. The molecule has 112 valence electrons. The number of rotatable bonds is 7. The lowest BCUT2D eigenvalue weighted by Gasteiger charge is -2.25. The summed E-state index contributed by atoms with van der Waals surface area (Å²) in [4.78, 5) is 14.3. The van der Waals surface area contributed by atoms with E-state index in [0.717, 1.165) is 25.9 Å². The molecule has 1 aliphatic rings. The van der Waals surface area contributed by atoms with Gasteiger partial charge in [-0.3, -0.25) is 4.79 Å². The number of amides is 1. The Balaban J connectivity index is 2.34. The first-order valence-electron chi connectivity index (χ1n) is 7.23. The third-order valence-electron chi connectivity index (χ3n) is 3.63. The van der Waals surface area contributed by atoms with Crippen LogP contribution in [0.5, 0.6) is 0 Å². The number of likely N-dealkylation sites (tertiary alicyclic amines) is 1. The Morgan fingerprint density at radius 2 is 1.84 bits per heavy atom. The Kier molecular flexibility index (Phi) is 8.02. The fourth-order valence-corrected chi connectivity index (χ4v) is 2.36. The zero-order chi connectivity index (χ0) is 14.1. The van der Waals surface area contributed by atoms with Gasteiger partial charge in [0.05, 0.1) is 18.8 Å². The quantitative estimate of drug-likeness (QED) is 0.752. The van der Waals surface area contributed by atoms with Crippen molar-refractivity contribution < 1.29 is 14.3 Å². The van der Waals surface area contributed by atoms with Gasteiger partial charge in [-0.25, -0.2) is 0 Å². The van der Waals surface area contributed by atoms with Crippen LogP contribution in [-0.2, 0) is 14.3 Å². The molecular weight excluding hydrogens is 244 g/mol. The summed E-state index contributed by atoms with van der Waals surface area (Å²) in [6.07, 6.45) is 4.73. The van der Waals surface area contributed by atoms with Gasteiger partial charge < -0.3 is 19.7 Å². The number of hydrogen-bond donors (Lipinski definition) is 1. The number of carbonyl (C=O) groups excluding carboxylic acids is 1. The number of hydrogen-bond acceptors (Lipinski definition) is 4. The van der Waals surface area contributed by atoms with E-state index < -0.39 is 0 Å². The third kappa shape index (κ3) is 5.89.